The van der Waals surface area contributed by atoms with Gasteiger partial charge < -0.3 is 35.9 Å². The fourth-order valence-electron chi connectivity index (χ4n) is 3.10. The molecule has 2 aromatic rings. The SMILES string of the molecule is CC(N[C-]=CN=C1C=[N+](C)[CH-]1)c1cccc(NC(=O)c2ccc3c(c2)OCCO3)c1.[K+]. The Bertz CT molecular complexity index is 1050. The molecule has 0 saturated heterocycles. The zero-order valence-corrected chi connectivity index (χ0v) is 21.0. The van der Waals surface area contributed by atoms with Gasteiger partial charge in [-0.2, -0.15) is 0 Å². The summed E-state index contributed by atoms with van der Waals surface area (Å²) in [6.07, 6.45) is 6.52. The van der Waals surface area contributed by atoms with Crippen molar-refractivity contribution in [1.82, 2.24) is 5.32 Å². The molecule has 0 fully saturated rings. The zero-order valence-electron chi connectivity index (χ0n) is 17.9. The number of hydrogen-bond acceptors (Lipinski definition) is 5. The number of benzene rings is 2. The molecule has 4 rings (SSSR count). The number of amides is 1. The molecule has 7 nitrogen and oxygen atoms in total. The Morgan fingerprint density at radius 3 is 2.77 bits per heavy atom. The van der Waals surface area contributed by atoms with E-state index in [1.807, 2.05) is 55.6 Å². The van der Waals surface area contributed by atoms with Crippen molar-refractivity contribution in [2.75, 3.05) is 25.6 Å². The summed E-state index contributed by atoms with van der Waals surface area (Å²) in [5, 5.41) is 6.10. The first-order valence-electron chi connectivity index (χ1n) is 9.72. The summed E-state index contributed by atoms with van der Waals surface area (Å²) < 4.78 is 13.0. The predicted octanol–water partition coefficient (Wildman–Crippen LogP) is -0.0314. The van der Waals surface area contributed by atoms with Crippen LogP contribution in [-0.4, -0.2) is 42.7 Å². The first-order valence-corrected chi connectivity index (χ1v) is 9.72. The van der Waals surface area contributed by atoms with Gasteiger partial charge in [0.05, 0.1) is 18.5 Å². The molecule has 0 aromatic heterocycles. The van der Waals surface area contributed by atoms with Crippen molar-refractivity contribution in [1.29, 1.82) is 0 Å². The van der Waals surface area contributed by atoms with Gasteiger partial charge in [0.1, 0.15) is 20.3 Å². The quantitative estimate of drug-likeness (QED) is 0.285. The largest absolute Gasteiger partial charge is 1.00 e. The molecule has 2 N–H and O–H groups in total. The smallest absolute Gasteiger partial charge is 0.560 e. The molecule has 1 atom stereocenters. The molecule has 0 aliphatic carbocycles. The molecule has 2 aromatic carbocycles. The van der Waals surface area contributed by atoms with Crippen LogP contribution in [0.25, 0.3) is 0 Å². The predicted molar refractivity (Wildman–Crippen MR) is 115 cm³/mol. The fraction of sp³-hybridized carbons (Fsp3) is 0.217. The van der Waals surface area contributed by atoms with Crippen molar-refractivity contribution in [3.8, 4) is 11.5 Å². The van der Waals surface area contributed by atoms with Gasteiger partial charge in [-0.25, -0.2) is 0 Å². The van der Waals surface area contributed by atoms with Gasteiger partial charge in [-0.15, -0.1) is 6.20 Å². The first-order chi connectivity index (χ1) is 14.6. The standard InChI is InChI=1S/C23H23N4O3.K/c1-16(24-8-9-25-20-14-27(2)15-20)17-4-3-5-19(12-17)26-23(28)18-6-7-21-22(13-18)30-11-10-29-21;/h3-7,9,12-16,24H,10-11H2,1-2H3,(H,26,28);/q-1;+1. The second kappa shape index (κ2) is 11.0. The number of hydrogen-bond donors (Lipinski definition) is 2. The number of anilines is 1. The van der Waals surface area contributed by atoms with E-state index < -0.39 is 0 Å². The molecular weight excluding hydrogens is 419 g/mol. The number of carbonyl (C=O) groups excluding carboxylic acids is 1. The normalized spacial score (nSPS) is 16.5. The van der Waals surface area contributed by atoms with E-state index in [2.05, 4.69) is 21.8 Å². The summed E-state index contributed by atoms with van der Waals surface area (Å²) in [4.78, 5) is 16.9. The van der Waals surface area contributed by atoms with Crippen molar-refractivity contribution in [3.05, 3.63) is 72.5 Å². The molecule has 154 valence electrons. The van der Waals surface area contributed by atoms with Gasteiger partial charge in [0.15, 0.2) is 11.5 Å². The van der Waals surface area contributed by atoms with E-state index in [0.717, 1.165) is 11.3 Å². The van der Waals surface area contributed by atoms with Crippen LogP contribution < -0.4 is 71.5 Å². The van der Waals surface area contributed by atoms with Crippen LogP contribution in [0.2, 0.25) is 0 Å². The summed E-state index contributed by atoms with van der Waals surface area (Å²) >= 11 is 0. The Morgan fingerprint density at radius 2 is 2.00 bits per heavy atom. The Morgan fingerprint density at radius 1 is 1.23 bits per heavy atom. The average Bonchev–Trinajstić information content (AvgIpc) is 2.74. The Labute approximate surface area is 224 Å². The molecule has 1 amide bonds. The number of nitrogens with zero attached hydrogens (tertiary/aromatic N) is 2. The van der Waals surface area contributed by atoms with Gasteiger partial charge in [0, 0.05) is 17.3 Å². The summed E-state index contributed by atoms with van der Waals surface area (Å²) in [6.45, 7) is 4.95. The summed E-state index contributed by atoms with van der Waals surface area (Å²) in [7, 11) is 1.95. The molecule has 0 radical (unpaired) electrons. The van der Waals surface area contributed by atoms with Crippen LogP contribution in [0.1, 0.15) is 28.9 Å². The third kappa shape index (κ3) is 6.21. The van der Waals surface area contributed by atoms with E-state index in [4.69, 9.17) is 9.47 Å². The van der Waals surface area contributed by atoms with Gasteiger partial charge in [0.2, 0.25) is 0 Å². The Balaban J connectivity index is 0.00000272. The maximum Gasteiger partial charge on any atom is 1.00 e. The maximum atomic E-state index is 12.6. The number of ether oxygens (including phenoxy) is 2. The van der Waals surface area contributed by atoms with Gasteiger partial charge in [0.25, 0.3) is 5.91 Å². The van der Waals surface area contributed by atoms with Crippen LogP contribution in [0, 0.1) is 12.7 Å². The number of aliphatic imine (C=N–C) groups is 1. The van der Waals surface area contributed by atoms with Crippen molar-refractivity contribution in [3.63, 3.8) is 0 Å². The van der Waals surface area contributed by atoms with Crippen LogP contribution in [0.15, 0.2) is 53.7 Å². The number of carbonyl (C=O) groups is 1. The molecule has 31 heavy (non-hydrogen) atoms. The minimum absolute atomic E-state index is 0. The minimum atomic E-state index is -0.204. The summed E-state index contributed by atoms with van der Waals surface area (Å²) in [6, 6.07) is 12.9. The Hall–Kier alpha value is -2.10. The van der Waals surface area contributed by atoms with Crippen molar-refractivity contribution >= 4 is 23.5 Å². The van der Waals surface area contributed by atoms with Gasteiger partial charge in [-0.05, 0) is 42.8 Å². The third-order valence-corrected chi connectivity index (χ3v) is 4.70. The van der Waals surface area contributed by atoms with Gasteiger partial charge in [-0.1, -0.05) is 12.1 Å². The van der Waals surface area contributed by atoms with Crippen molar-refractivity contribution in [2.24, 2.45) is 4.99 Å². The molecule has 0 spiro atoms. The van der Waals surface area contributed by atoms with E-state index in [1.165, 1.54) is 0 Å². The third-order valence-electron chi connectivity index (χ3n) is 4.70. The minimum Gasteiger partial charge on any atom is -0.560 e. The van der Waals surface area contributed by atoms with E-state index in [1.54, 1.807) is 24.4 Å². The molecular formula is C23H23KN4O3. The fourth-order valence-corrected chi connectivity index (χ4v) is 3.10. The molecule has 2 heterocycles. The van der Waals surface area contributed by atoms with Gasteiger partial charge >= 0.3 is 51.4 Å². The number of nitrogens with one attached hydrogen (secondary N) is 2. The van der Waals surface area contributed by atoms with E-state index in [0.29, 0.717) is 36.0 Å². The molecule has 0 bridgehead atoms. The Kier molecular flexibility index (Phi) is 8.33. The topological polar surface area (TPSA) is 75.0 Å². The van der Waals surface area contributed by atoms with Crippen LogP contribution in [0.4, 0.5) is 5.69 Å². The monoisotopic (exact) mass is 442 g/mol. The first kappa shape index (κ1) is 23.6. The van der Waals surface area contributed by atoms with Gasteiger partial charge in [-0.3, -0.25) is 4.79 Å². The molecule has 8 heteroatoms. The zero-order chi connectivity index (χ0) is 20.9. The molecule has 1 unspecified atom stereocenters. The molecule has 2 aliphatic heterocycles. The maximum absolute atomic E-state index is 12.6. The van der Waals surface area contributed by atoms with E-state index in [-0.39, 0.29) is 63.3 Å². The van der Waals surface area contributed by atoms with Crippen LogP contribution >= 0.6 is 0 Å². The average molecular weight is 443 g/mol. The van der Waals surface area contributed by atoms with Crippen LogP contribution in [-0.2, 0) is 0 Å². The summed E-state index contributed by atoms with van der Waals surface area (Å²) in [5.74, 6) is 1.05. The molecule has 2 aliphatic rings. The molecule has 0 saturated carbocycles. The van der Waals surface area contributed by atoms with Crippen LogP contribution in [0.3, 0.4) is 0 Å². The van der Waals surface area contributed by atoms with Crippen molar-refractivity contribution in [2.45, 2.75) is 13.0 Å². The van der Waals surface area contributed by atoms with E-state index in [9.17, 15) is 4.79 Å². The summed E-state index contributed by atoms with van der Waals surface area (Å²) in [5.41, 5.74) is 3.15. The van der Waals surface area contributed by atoms with Crippen LogP contribution in [0.5, 0.6) is 11.5 Å². The number of rotatable bonds is 6. The van der Waals surface area contributed by atoms with Crippen molar-refractivity contribution < 1.29 is 70.2 Å². The second-order valence-electron chi connectivity index (χ2n) is 7.06. The van der Waals surface area contributed by atoms with E-state index >= 15 is 0 Å². The number of fused-ring (bicyclic) bond motifs is 1. The second-order valence-corrected chi connectivity index (χ2v) is 7.06.